The normalized spacial score (nSPS) is 17.3. The van der Waals surface area contributed by atoms with E-state index in [9.17, 15) is 4.79 Å². The Balaban J connectivity index is 1.34. The van der Waals surface area contributed by atoms with Crippen LogP contribution in [0.15, 0.2) is 62.8 Å². The van der Waals surface area contributed by atoms with E-state index in [0.29, 0.717) is 10.8 Å². The number of nitrogens with one attached hydrogen (secondary N) is 1. The Hall–Kier alpha value is -2.93. The lowest BCUT2D eigenvalue weighted by Crippen LogP contribution is -2.24. The summed E-state index contributed by atoms with van der Waals surface area (Å²) in [6.07, 6.45) is 4.69. The van der Waals surface area contributed by atoms with E-state index < -0.39 is 0 Å². The number of fused-ring (bicyclic) bond motifs is 2. The number of allylic oxidation sites excluding steroid dienone is 3. The lowest BCUT2D eigenvalue weighted by atomic mass is 10.0. The van der Waals surface area contributed by atoms with Crippen LogP contribution in [0, 0.1) is 0 Å². The van der Waals surface area contributed by atoms with E-state index in [-0.39, 0.29) is 5.91 Å². The van der Waals surface area contributed by atoms with Crippen molar-refractivity contribution in [2.24, 2.45) is 10.2 Å². The lowest BCUT2D eigenvalue weighted by molar-refractivity contribution is -0.110. The van der Waals surface area contributed by atoms with Crippen LogP contribution in [-0.4, -0.2) is 27.3 Å². The van der Waals surface area contributed by atoms with Crippen LogP contribution < -0.4 is 5.32 Å². The molecule has 3 aliphatic rings. The van der Waals surface area contributed by atoms with Gasteiger partial charge in [-0.1, -0.05) is 6.07 Å². The summed E-state index contributed by atoms with van der Waals surface area (Å²) < 4.78 is 0. The first-order chi connectivity index (χ1) is 11.3. The van der Waals surface area contributed by atoms with Gasteiger partial charge in [0.15, 0.2) is 10.8 Å². The van der Waals surface area contributed by atoms with Gasteiger partial charge in [0, 0.05) is 23.6 Å². The van der Waals surface area contributed by atoms with Crippen LogP contribution in [0.25, 0.3) is 11.4 Å². The number of anilines is 1. The average molecular weight is 319 g/mol. The van der Waals surface area contributed by atoms with Crippen LogP contribution in [0.1, 0.15) is 6.42 Å². The van der Waals surface area contributed by atoms with Gasteiger partial charge >= 0.3 is 0 Å². The lowest BCUT2D eigenvalue weighted by Gasteiger charge is -2.03. The number of carbonyl (C=O) groups is 1. The molecule has 2 aromatic rings. The maximum atomic E-state index is 12.4. The summed E-state index contributed by atoms with van der Waals surface area (Å²) in [6.45, 7) is 0. The fourth-order valence-electron chi connectivity index (χ4n) is 2.66. The van der Waals surface area contributed by atoms with Crippen molar-refractivity contribution in [1.82, 2.24) is 9.97 Å². The first-order valence-electron chi connectivity index (χ1n) is 7.08. The van der Waals surface area contributed by atoms with E-state index in [0.717, 1.165) is 29.1 Å². The summed E-state index contributed by atoms with van der Waals surface area (Å²) in [7, 11) is 0. The number of pyridine rings is 1. The largest absolute Gasteiger partial charge is 0.296 e. The van der Waals surface area contributed by atoms with Crippen molar-refractivity contribution in [2.45, 2.75) is 6.42 Å². The van der Waals surface area contributed by atoms with Gasteiger partial charge in [0.05, 0.1) is 11.4 Å². The second-order valence-corrected chi connectivity index (χ2v) is 6.20. The van der Waals surface area contributed by atoms with Crippen LogP contribution in [0.2, 0.25) is 0 Å². The Morgan fingerprint density at radius 1 is 1.22 bits per heavy atom. The summed E-state index contributed by atoms with van der Waals surface area (Å²) in [5.41, 5.74) is 6.06. The van der Waals surface area contributed by atoms with Gasteiger partial charge in [0.2, 0.25) is 0 Å². The third-order valence-electron chi connectivity index (χ3n) is 3.86. The van der Waals surface area contributed by atoms with Crippen molar-refractivity contribution in [3.63, 3.8) is 0 Å². The summed E-state index contributed by atoms with van der Waals surface area (Å²) in [5, 5.41) is 13.3. The molecule has 2 aromatic heterocycles. The van der Waals surface area contributed by atoms with Gasteiger partial charge in [-0.15, -0.1) is 21.5 Å². The van der Waals surface area contributed by atoms with E-state index in [1.54, 1.807) is 6.20 Å². The van der Waals surface area contributed by atoms with Crippen molar-refractivity contribution in [2.75, 3.05) is 5.32 Å². The minimum Gasteiger partial charge on any atom is -0.296 e. The quantitative estimate of drug-likeness (QED) is 0.944. The molecule has 1 amide bonds. The molecule has 1 N–H and O–H groups in total. The average Bonchev–Trinajstić information content (AvgIpc) is 2.94. The molecule has 0 fully saturated rings. The fraction of sp³-hybridized carbons (Fsp3) is 0.0625. The van der Waals surface area contributed by atoms with Crippen LogP contribution >= 0.6 is 11.3 Å². The summed E-state index contributed by atoms with van der Waals surface area (Å²) in [5.74, 6) is -0.278. The Bertz CT molecular complexity index is 981. The standard InChI is InChI=1S/C16H9N5OS/c22-15(14-10-6-8-5-9(8)13(10)20-21-14)19-16-18-12(7-23-16)11-3-1-2-4-17-11/h1-4,6-7H,5H2,(H,18,19,22). The number of aromatic nitrogens is 2. The highest BCUT2D eigenvalue weighted by atomic mass is 32.1. The molecule has 0 atom stereocenters. The SMILES string of the molecule is O=C(Nc1nc(-c2ccccn2)cs1)C1=NN=C2C1=CC1=C2C1. The van der Waals surface area contributed by atoms with Gasteiger partial charge in [-0.05, 0) is 29.4 Å². The van der Waals surface area contributed by atoms with Gasteiger partial charge in [-0.25, -0.2) is 4.98 Å². The van der Waals surface area contributed by atoms with Crippen molar-refractivity contribution < 1.29 is 4.79 Å². The number of hydrogen-bond acceptors (Lipinski definition) is 6. The molecule has 2 aliphatic carbocycles. The Kier molecular flexibility index (Phi) is 2.48. The van der Waals surface area contributed by atoms with E-state index in [2.05, 4.69) is 25.5 Å². The third-order valence-corrected chi connectivity index (χ3v) is 4.62. The summed E-state index contributed by atoms with van der Waals surface area (Å²) >= 11 is 1.36. The van der Waals surface area contributed by atoms with Crippen molar-refractivity contribution >= 4 is 33.8 Å². The zero-order chi connectivity index (χ0) is 15.4. The van der Waals surface area contributed by atoms with E-state index in [1.165, 1.54) is 22.5 Å². The summed E-state index contributed by atoms with van der Waals surface area (Å²) in [6, 6.07) is 5.63. The number of rotatable bonds is 3. The zero-order valence-electron chi connectivity index (χ0n) is 11.8. The number of nitrogens with zero attached hydrogens (tertiary/aromatic N) is 4. The Labute approximate surface area is 135 Å². The molecule has 110 valence electrons. The molecule has 6 nitrogen and oxygen atoms in total. The van der Waals surface area contributed by atoms with Crippen LogP contribution in [0.3, 0.4) is 0 Å². The predicted octanol–water partition coefficient (Wildman–Crippen LogP) is 2.59. The van der Waals surface area contributed by atoms with Gasteiger partial charge in [0.25, 0.3) is 5.91 Å². The highest BCUT2D eigenvalue weighted by molar-refractivity contribution is 7.14. The molecule has 0 saturated heterocycles. The molecule has 0 bridgehead atoms. The molecule has 3 heterocycles. The van der Waals surface area contributed by atoms with Gasteiger partial charge in [0.1, 0.15) is 5.69 Å². The van der Waals surface area contributed by atoms with E-state index >= 15 is 0 Å². The molecule has 0 radical (unpaired) electrons. The molecule has 0 aromatic carbocycles. The molecule has 7 heteroatoms. The van der Waals surface area contributed by atoms with Gasteiger partial charge < -0.3 is 0 Å². The molecular weight excluding hydrogens is 310 g/mol. The Morgan fingerprint density at radius 2 is 2.17 bits per heavy atom. The maximum absolute atomic E-state index is 12.4. The fourth-order valence-corrected chi connectivity index (χ4v) is 3.36. The molecule has 0 saturated carbocycles. The molecule has 1 aliphatic heterocycles. The smallest absolute Gasteiger partial charge is 0.278 e. The minimum absolute atomic E-state index is 0.278. The third kappa shape index (κ3) is 1.97. The Morgan fingerprint density at radius 3 is 3.04 bits per heavy atom. The van der Waals surface area contributed by atoms with Crippen LogP contribution in [-0.2, 0) is 4.79 Å². The first-order valence-corrected chi connectivity index (χ1v) is 7.96. The maximum Gasteiger partial charge on any atom is 0.278 e. The van der Waals surface area contributed by atoms with E-state index in [1.807, 2.05) is 29.7 Å². The molecular formula is C16H9N5OS. The number of carbonyl (C=O) groups excluding carboxylic acids is 1. The van der Waals surface area contributed by atoms with E-state index in [4.69, 9.17) is 0 Å². The number of thiazole rings is 1. The van der Waals surface area contributed by atoms with Crippen molar-refractivity contribution in [1.29, 1.82) is 0 Å². The van der Waals surface area contributed by atoms with Crippen LogP contribution in [0.4, 0.5) is 5.13 Å². The highest BCUT2D eigenvalue weighted by Gasteiger charge is 2.40. The predicted molar refractivity (Wildman–Crippen MR) is 88.6 cm³/mol. The van der Waals surface area contributed by atoms with Gasteiger partial charge in [-0.3, -0.25) is 15.1 Å². The minimum atomic E-state index is -0.278. The molecule has 0 spiro atoms. The zero-order valence-corrected chi connectivity index (χ0v) is 12.6. The number of hydrogen-bond donors (Lipinski definition) is 1. The van der Waals surface area contributed by atoms with Crippen LogP contribution in [0.5, 0.6) is 0 Å². The second-order valence-electron chi connectivity index (χ2n) is 5.34. The monoisotopic (exact) mass is 319 g/mol. The summed E-state index contributed by atoms with van der Waals surface area (Å²) in [4.78, 5) is 21.1. The second kappa shape index (κ2) is 4.53. The topological polar surface area (TPSA) is 79.6 Å². The molecule has 5 rings (SSSR count). The number of amides is 1. The van der Waals surface area contributed by atoms with Crippen molar-refractivity contribution in [3.8, 4) is 11.4 Å². The van der Waals surface area contributed by atoms with Gasteiger partial charge in [-0.2, -0.15) is 0 Å². The molecule has 0 unspecified atom stereocenters. The van der Waals surface area contributed by atoms with Crippen molar-refractivity contribution in [3.05, 3.63) is 52.6 Å². The molecule has 23 heavy (non-hydrogen) atoms. The first kappa shape index (κ1) is 12.6. The highest BCUT2D eigenvalue weighted by Crippen LogP contribution is 2.43.